The molecule has 1 atom stereocenters. The van der Waals surface area contributed by atoms with Gasteiger partial charge < -0.3 is 19.8 Å². The smallest absolute Gasteiger partial charge is 0.344 e. The van der Waals surface area contributed by atoms with Crippen molar-refractivity contribution in [1.29, 1.82) is 0 Å². The number of amides is 1. The molecule has 0 aliphatic carbocycles. The summed E-state index contributed by atoms with van der Waals surface area (Å²) in [5.41, 5.74) is 1.05. The molecule has 2 N–H and O–H groups in total. The highest BCUT2D eigenvalue weighted by Gasteiger charge is 2.27. The Bertz CT molecular complexity index is 1090. The summed E-state index contributed by atoms with van der Waals surface area (Å²) in [4.78, 5) is 41.2. The van der Waals surface area contributed by atoms with Crippen LogP contribution in [0.15, 0.2) is 58.4 Å². The van der Waals surface area contributed by atoms with Gasteiger partial charge in [0.1, 0.15) is 5.75 Å². The number of nitrogens with zero attached hydrogens (tertiary/aromatic N) is 2. The third-order valence-electron chi connectivity index (χ3n) is 4.51. The van der Waals surface area contributed by atoms with Crippen molar-refractivity contribution < 1.29 is 29.3 Å². The fourth-order valence-corrected chi connectivity index (χ4v) is 3.78. The molecule has 2 aromatic carbocycles. The van der Waals surface area contributed by atoms with E-state index in [9.17, 15) is 24.6 Å². The number of carboxylic acids is 2. The predicted molar refractivity (Wildman–Crippen MR) is 119 cm³/mol. The van der Waals surface area contributed by atoms with Crippen molar-refractivity contribution in [2.75, 3.05) is 11.9 Å². The summed E-state index contributed by atoms with van der Waals surface area (Å²) in [5, 5.41) is 19.0. The number of hydrogen-bond acceptors (Lipinski definition) is 6. The number of aliphatic carboxylic acids is 1. The molecule has 1 heterocycles. The van der Waals surface area contributed by atoms with Crippen LogP contribution in [0.1, 0.15) is 29.3 Å². The largest absolute Gasteiger partial charge is 0.479 e. The number of ether oxygens (including phenoxy) is 1. The minimum atomic E-state index is -1.08. The number of carbonyl (C=O) groups is 3. The molecule has 9 heteroatoms. The minimum Gasteiger partial charge on any atom is -0.479 e. The normalized spacial score (nSPS) is 15.5. The molecule has 1 aliphatic rings. The molecule has 2 aromatic rings. The molecule has 0 spiro atoms. The lowest BCUT2D eigenvalue weighted by Gasteiger charge is -2.19. The lowest BCUT2D eigenvalue weighted by Crippen LogP contribution is -2.26. The predicted octanol–water partition coefficient (Wildman–Crippen LogP) is 3.73. The van der Waals surface area contributed by atoms with Gasteiger partial charge >= 0.3 is 11.9 Å². The molecule has 31 heavy (non-hydrogen) atoms. The van der Waals surface area contributed by atoms with Gasteiger partial charge in [0, 0.05) is 12.6 Å². The Morgan fingerprint density at radius 2 is 1.84 bits per heavy atom. The first-order chi connectivity index (χ1) is 14.8. The number of aromatic carboxylic acids is 1. The van der Waals surface area contributed by atoms with Gasteiger partial charge in [-0.15, -0.1) is 0 Å². The summed E-state index contributed by atoms with van der Waals surface area (Å²) in [7, 11) is 1.64. The van der Waals surface area contributed by atoms with E-state index in [0.717, 1.165) is 11.8 Å². The lowest BCUT2D eigenvalue weighted by atomic mass is 10.1. The van der Waals surface area contributed by atoms with Crippen molar-refractivity contribution in [3.8, 4) is 5.75 Å². The van der Waals surface area contributed by atoms with Crippen LogP contribution >= 0.6 is 11.8 Å². The van der Waals surface area contributed by atoms with E-state index in [1.165, 1.54) is 6.07 Å². The fraction of sp³-hybridized carbons (Fsp3) is 0.182. The number of carboxylic acid groups (broad SMARTS) is 2. The summed E-state index contributed by atoms with van der Waals surface area (Å²) < 4.78 is 5.61. The number of thioether (sulfide) groups is 1. The standard InChI is InChI=1S/C22H20N2O6S/c1-3-16(21(28)29)30-17-11-7-4-8-13(17)12-18-19(25)23-22(31-18)24(2)15-10-6-5-9-14(15)20(26)27/h4-12,16H,3H2,1-2H3,(H,26,27)(H,28,29)/b18-12-. The van der Waals surface area contributed by atoms with Gasteiger partial charge in [-0.25, -0.2) is 9.59 Å². The molecule has 1 aliphatic heterocycles. The molecule has 1 amide bonds. The van der Waals surface area contributed by atoms with Crippen molar-refractivity contribution in [1.82, 2.24) is 0 Å². The Labute approximate surface area is 182 Å². The van der Waals surface area contributed by atoms with Crippen LogP contribution in [0.3, 0.4) is 0 Å². The molecule has 0 bridgehead atoms. The van der Waals surface area contributed by atoms with Crippen molar-refractivity contribution >= 4 is 46.5 Å². The van der Waals surface area contributed by atoms with Crippen molar-refractivity contribution in [3.05, 3.63) is 64.6 Å². The van der Waals surface area contributed by atoms with Crippen LogP contribution in [0, 0.1) is 0 Å². The highest BCUT2D eigenvalue weighted by molar-refractivity contribution is 8.18. The molecule has 3 rings (SSSR count). The SMILES string of the molecule is CCC(Oc1ccccc1/C=C1\SC(N(C)c2ccccc2C(=O)O)=NC1=O)C(=O)O. The topological polar surface area (TPSA) is 116 Å². The Hall–Kier alpha value is -3.59. The van der Waals surface area contributed by atoms with Gasteiger partial charge in [0.2, 0.25) is 0 Å². The van der Waals surface area contributed by atoms with E-state index in [4.69, 9.17) is 4.74 Å². The number of aliphatic imine (C=N–C) groups is 1. The molecule has 160 valence electrons. The average Bonchev–Trinajstić information content (AvgIpc) is 3.12. The molecule has 0 fully saturated rings. The van der Waals surface area contributed by atoms with Crippen molar-refractivity contribution in [2.45, 2.75) is 19.4 Å². The molecule has 8 nitrogen and oxygen atoms in total. The van der Waals surface area contributed by atoms with E-state index < -0.39 is 23.9 Å². The third-order valence-corrected chi connectivity index (χ3v) is 5.57. The van der Waals surface area contributed by atoms with E-state index in [0.29, 0.717) is 27.1 Å². The van der Waals surface area contributed by atoms with E-state index >= 15 is 0 Å². The zero-order valence-electron chi connectivity index (χ0n) is 16.8. The quantitative estimate of drug-likeness (QED) is 0.626. The second-order valence-electron chi connectivity index (χ2n) is 6.58. The van der Waals surface area contributed by atoms with E-state index in [2.05, 4.69) is 4.99 Å². The van der Waals surface area contributed by atoms with Crippen LogP contribution in [-0.2, 0) is 9.59 Å². The number of anilines is 1. The van der Waals surface area contributed by atoms with Gasteiger partial charge in [0.25, 0.3) is 5.91 Å². The fourth-order valence-electron chi connectivity index (χ4n) is 2.90. The van der Waals surface area contributed by atoms with E-state index in [1.54, 1.807) is 67.4 Å². The molecule has 1 unspecified atom stereocenters. The van der Waals surface area contributed by atoms with Crippen LogP contribution < -0.4 is 9.64 Å². The minimum absolute atomic E-state index is 0.0937. The second-order valence-corrected chi connectivity index (χ2v) is 7.59. The number of rotatable bonds is 7. The summed E-state index contributed by atoms with van der Waals surface area (Å²) in [6.45, 7) is 1.71. The van der Waals surface area contributed by atoms with Crippen molar-refractivity contribution in [3.63, 3.8) is 0 Å². The van der Waals surface area contributed by atoms with Crippen LogP contribution in [0.5, 0.6) is 5.75 Å². The zero-order valence-corrected chi connectivity index (χ0v) is 17.6. The first-order valence-electron chi connectivity index (χ1n) is 9.39. The summed E-state index contributed by atoms with van der Waals surface area (Å²) in [6, 6.07) is 13.3. The van der Waals surface area contributed by atoms with Gasteiger partial charge in [0.05, 0.1) is 16.2 Å². The van der Waals surface area contributed by atoms with Gasteiger partial charge in [-0.3, -0.25) is 4.79 Å². The maximum atomic E-state index is 12.5. The summed E-state index contributed by atoms with van der Waals surface area (Å²) >= 11 is 1.10. The Kier molecular flexibility index (Phi) is 6.76. The van der Waals surface area contributed by atoms with Gasteiger partial charge in [0.15, 0.2) is 11.3 Å². The van der Waals surface area contributed by atoms with Gasteiger partial charge in [-0.05, 0) is 42.5 Å². The Morgan fingerprint density at radius 1 is 1.16 bits per heavy atom. The Balaban J connectivity index is 1.86. The molecule has 0 radical (unpaired) electrons. The number of benzene rings is 2. The first kappa shape index (κ1) is 22.1. The summed E-state index contributed by atoms with van der Waals surface area (Å²) in [6.07, 6.45) is 0.871. The van der Waals surface area contributed by atoms with Gasteiger partial charge in [-0.2, -0.15) is 4.99 Å². The number of amidine groups is 1. The molecular formula is C22H20N2O6S. The van der Waals surface area contributed by atoms with Crippen LogP contribution in [0.25, 0.3) is 6.08 Å². The van der Waals surface area contributed by atoms with Crippen molar-refractivity contribution in [2.24, 2.45) is 4.99 Å². The number of carbonyl (C=O) groups excluding carboxylic acids is 1. The van der Waals surface area contributed by atoms with Gasteiger partial charge in [-0.1, -0.05) is 37.3 Å². The Morgan fingerprint density at radius 3 is 2.52 bits per heavy atom. The highest BCUT2D eigenvalue weighted by atomic mass is 32.2. The zero-order chi connectivity index (χ0) is 22.5. The molecular weight excluding hydrogens is 420 g/mol. The molecule has 0 saturated heterocycles. The molecule has 0 saturated carbocycles. The second kappa shape index (κ2) is 9.48. The maximum absolute atomic E-state index is 12.5. The van der Waals surface area contributed by atoms with Crippen LogP contribution in [-0.4, -0.2) is 46.4 Å². The highest BCUT2D eigenvalue weighted by Crippen LogP contribution is 2.34. The molecule has 0 aromatic heterocycles. The van der Waals surface area contributed by atoms with Crippen LogP contribution in [0.2, 0.25) is 0 Å². The monoisotopic (exact) mass is 440 g/mol. The van der Waals surface area contributed by atoms with E-state index in [1.807, 2.05) is 0 Å². The first-order valence-corrected chi connectivity index (χ1v) is 10.2. The third kappa shape index (κ3) is 4.95. The van der Waals surface area contributed by atoms with E-state index in [-0.39, 0.29) is 12.0 Å². The van der Waals surface area contributed by atoms with Crippen LogP contribution in [0.4, 0.5) is 5.69 Å². The maximum Gasteiger partial charge on any atom is 0.344 e. The lowest BCUT2D eigenvalue weighted by molar-refractivity contribution is -0.145. The number of hydrogen-bond donors (Lipinski definition) is 2. The number of para-hydroxylation sites is 2. The average molecular weight is 440 g/mol. The summed E-state index contributed by atoms with van der Waals surface area (Å²) in [5.74, 6) is -2.28.